The second kappa shape index (κ2) is 6.04. The lowest BCUT2D eigenvalue weighted by atomic mass is 9.69. The Labute approximate surface area is 156 Å². The van der Waals surface area contributed by atoms with Gasteiger partial charge in [0.05, 0.1) is 25.7 Å². The zero-order valence-corrected chi connectivity index (χ0v) is 15.9. The largest absolute Gasteiger partial charge is 0.493 e. The Morgan fingerprint density at radius 3 is 2.56 bits per heavy atom. The molecule has 7 nitrogen and oxygen atoms in total. The van der Waals surface area contributed by atoms with Crippen molar-refractivity contribution in [2.24, 2.45) is 5.41 Å². The monoisotopic (exact) mass is 369 g/mol. The second-order valence-corrected chi connectivity index (χ2v) is 7.84. The molecule has 2 aromatic rings. The standard InChI is InChI=1S/C20H23N3O4/c1-20(2)8-11-15(12(24)9-20)14(16-18(21-11)22-23-19(16)25)10-6-5-7-13(26-3)17(10)27-4/h5-7,14H,8-9H2,1-4H3,(H3,21,22,23,25). The molecule has 0 radical (unpaired) electrons. The number of Topliss-reactive ketones (excluding diaryl/α,β-unsaturated/α-hetero) is 1. The van der Waals surface area contributed by atoms with Gasteiger partial charge in [-0.05, 0) is 17.9 Å². The van der Waals surface area contributed by atoms with Crippen molar-refractivity contribution >= 4 is 11.6 Å². The number of aromatic amines is 2. The van der Waals surface area contributed by atoms with E-state index >= 15 is 0 Å². The minimum Gasteiger partial charge on any atom is -0.493 e. The summed E-state index contributed by atoms with van der Waals surface area (Å²) in [5.41, 5.74) is 2.34. The summed E-state index contributed by atoms with van der Waals surface area (Å²) >= 11 is 0. The maximum Gasteiger partial charge on any atom is 0.270 e. The lowest BCUT2D eigenvalue weighted by molar-refractivity contribution is -0.118. The highest BCUT2D eigenvalue weighted by Crippen LogP contribution is 2.50. The van der Waals surface area contributed by atoms with E-state index in [1.165, 1.54) is 0 Å². The molecule has 27 heavy (non-hydrogen) atoms. The molecule has 2 aliphatic rings. The van der Waals surface area contributed by atoms with Crippen molar-refractivity contribution in [2.75, 3.05) is 19.5 Å². The molecule has 1 atom stereocenters. The SMILES string of the molecule is COc1cccc(C2C3=C(CC(C)(C)CC3=O)Nc3[nH][nH]c(=O)c32)c1OC. The number of ketones is 1. The van der Waals surface area contributed by atoms with Gasteiger partial charge in [0.1, 0.15) is 5.82 Å². The number of aromatic nitrogens is 2. The highest BCUT2D eigenvalue weighted by Gasteiger charge is 2.43. The van der Waals surface area contributed by atoms with Crippen molar-refractivity contribution in [3.8, 4) is 11.5 Å². The third-order valence-electron chi connectivity index (χ3n) is 5.33. The predicted molar refractivity (Wildman–Crippen MR) is 101 cm³/mol. The minimum absolute atomic E-state index is 0.0508. The Hall–Kier alpha value is -2.96. The van der Waals surface area contributed by atoms with E-state index in [2.05, 4.69) is 29.4 Å². The van der Waals surface area contributed by atoms with Crippen molar-refractivity contribution in [3.05, 3.63) is 50.9 Å². The number of allylic oxidation sites excluding steroid dienone is 2. The first-order valence-electron chi connectivity index (χ1n) is 8.91. The van der Waals surface area contributed by atoms with E-state index in [0.29, 0.717) is 34.9 Å². The van der Waals surface area contributed by atoms with Crippen LogP contribution in [-0.4, -0.2) is 30.2 Å². The molecule has 0 spiro atoms. The Kier molecular flexibility index (Phi) is 3.91. The van der Waals surface area contributed by atoms with E-state index in [1.54, 1.807) is 20.3 Å². The van der Waals surface area contributed by atoms with E-state index in [-0.39, 0.29) is 16.8 Å². The van der Waals surface area contributed by atoms with Gasteiger partial charge >= 0.3 is 0 Å². The van der Waals surface area contributed by atoms with Crippen molar-refractivity contribution in [1.82, 2.24) is 10.2 Å². The molecule has 0 fully saturated rings. The molecule has 1 aromatic carbocycles. The number of para-hydroxylation sites is 1. The molecule has 0 saturated carbocycles. The van der Waals surface area contributed by atoms with Gasteiger partial charge in [-0.15, -0.1) is 0 Å². The summed E-state index contributed by atoms with van der Waals surface area (Å²) in [4.78, 5) is 25.7. The number of benzene rings is 1. The minimum atomic E-state index is -0.514. The van der Waals surface area contributed by atoms with Gasteiger partial charge in [0.2, 0.25) is 0 Å². The van der Waals surface area contributed by atoms with E-state index < -0.39 is 5.92 Å². The Morgan fingerprint density at radius 2 is 1.85 bits per heavy atom. The third-order valence-corrected chi connectivity index (χ3v) is 5.33. The fraction of sp³-hybridized carbons (Fsp3) is 0.400. The van der Waals surface area contributed by atoms with Crippen LogP contribution in [0.1, 0.15) is 43.7 Å². The quantitative estimate of drug-likeness (QED) is 0.773. The van der Waals surface area contributed by atoms with E-state index in [1.807, 2.05) is 12.1 Å². The van der Waals surface area contributed by atoms with Gasteiger partial charge in [-0.25, -0.2) is 0 Å². The normalized spacial score (nSPS) is 20.6. The van der Waals surface area contributed by atoms with Crippen LogP contribution >= 0.6 is 0 Å². The number of ether oxygens (including phenoxy) is 2. The lowest BCUT2D eigenvalue weighted by Gasteiger charge is -2.38. The molecule has 4 rings (SSSR count). The summed E-state index contributed by atoms with van der Waals surface area (Å²) in [5, 5.41) is 8.81. The second-order valence-electron chi connectivity index (χ2n) is 7.84. The van der Waals surface area contributed by atoms with Crippen LogP contribution in [0.5, 0.6) is 11.5 Å². The average Bonchev–Trinajstić information content (AvgIpc) is 2.98. The number of anilines is 1. The molecule has 1 unspecified atom stereocenters. The van der Waals surface area contributed by atoms with Crippen LogP contribution in [0.25, 0.3) is 0 Å². The Bertz CT molecular complexity index is 1010. The number of H-pyrrole nitrogens is 2. The van der Waals surface area contributed by atoms with E-state index in [4.69, 9.17) is 9.47 Å². The predicted octanol–water partition coefficient (Wildman–Crippen LogP) is 2.92. The van der Waals surface area contributed by atoms with Crippen molar-refractivity contribution in [3.63, 3.8) is 0 Å². The molecule has 7 heteroatoms. The molecule has 0 amide bonds. The smallest absolute Gasteiger partial charge is 0.270 e. The fourth-order valence-electron chi connectivity index (χ4n) is 4.27. The van der Waals surface area contributed by atoms with E-state index in [9.17, 15) is 9.59 Å². The Balaban J connectivity index is 2.00. The van der Waals surface area contributed by atoms with Crippen molar-refractivity contribution in [1.29, 1.82) is 0 Å². The van der Waals surface area contributed by atoms with Crippen LogP contribution in [0.15, 0.2) is 34.3 Å². The first-order valence-corrected chi connectivity index (χ1v) is 8.91. The summed E-state index contributed by atoms with van der Waals surface area (Å²) in [7, 11) is 3.13. The van der Waals surface area contributed by atoms with Crippen molar-refractivity contribution in [2.45, 2.75) is 32.6 Å². The summed E-state index contributed by atoms with van der Waals surface area (Å²) < 4.78 is 11.0. The van der Waals surface area contributed by atoms with Crippen LogP contribution < -0.4 is 20.3 Å². The number of fused-ring (bicyclic) bond motifs is 1. The molecule has 0 saturated heterocycles. The van der Waals surface area contributed by atoms with Crippen LogP contribution in [0, 0.1) is 5.41 Å². The average molecular weight is 369 g/mol. The topological polar surface area (TPSA) is 96.2 Å². The highest BCUT2D eigenvalue weighted by molar-refractivity contribution is 6.01. The van der Waals surface area contributed by atoms with Crippen LogP contribution in [0.2, 0.25) is 0 Å². The molecular formula is C20H23N3O4. The van der Waals surface area contributed by atoms with Gasteiger partial charge in [0.25, 0.3) is 5.56 Å². The van der Waals surface area contributed by atoms with Crippen LogP contribution in [0.3, 0.4) is 0 Å². The fourth-order valence-corrected chi connectivity index (χ4v) is 4.27. The summed E-state index contributed by atoms with van der Waals surface area (Å²) in [6, 6.07) is 5.52. The lowest BCUT2D eigenvalue weighted by Crippen LogP contribution is -2.35. The van der Waals surface area contributed by atoms with E-state index in [0.717, 1.165) is 17.7 Å². The number of carbonyl (C=O) groups excluding carboxylic acids is 1. The maximum absolute atomic E-state index is 13.1. The van der Waals surface area contributed by atoms with Gasteiger partial charge < -0.3 is 14.8 Å². The van der Waals surface area contributed by atoms with Gasteiger partial charge in [-0.3, -0.25) is 19.8 Å². The number of hydrogen-bond acceptors (Lipinski definition) is 5. The number of methoxy groups -OCH3 is 2. The zero-order chi connectivity index (χ0) is 19.3. The van der Waals surface area contributed by atoms with Gasteiger partial charge in [-0.2, -0.15) is 0 Å². The molecule has 1 aromatic heterocycles. The third kappa shape index (κ3) is 2.65. The molecule has 2 heterocycles. The molecule has 3 N–H and O–H groups in total. The summed E-state index contributed by atoms with van der Waals surface area (Å²) in [5.74, 6) is 1.23. The first kappa shape index (κ1) is 17.5. The number of hydrogen-bond donors (Lipinski definition) is 3. The first-order chi connectivity index (χ1) is 12.9. The number of carbonyl (C=O) groups is 1. The maximum atomic E-state index is 13.1. The van der Waals surface area contributed by atoms with Gasteiger partial charge in [0, 0.05) is 23.3 Å². The molecule has 0 bridgehead atoms. The van der Waals surface area contributed by atoms with Crippen LogP contribution in [-0.2, 0) is 4.79 Å². The number of nitrogens with one attached hydrogen (secondary N) is 3. The molecule has 1 aliphatic carbocycles. The Morgan fingerprint density at radius 1 is 1.07 bits per heavy atom. The highest BCUT2D eigenvalue weighted by atomic mass is 16.5. The van der Waals surface area contributed by atoms with Crippen molar-refractivity contribution < 1.29 is 14.3 Å². The van der Waals surface area contributed by atoms with Gasteiger partial charge in [0.15, 0.2) is 17.3 Å². The zero-order valence-electron chi connectivity index (χ0n) is 15.9. The number of rotatable bonds is 3. The summed E-state index contributed by atoms with van der Waals surface area (Å²) in [6.07, 6.45) is 1.16. The molecule has 142 valence electrons. The van der Waals surface area contributed by atoms with Gasteiger partial charge in [-0.1, -0.05) is 26.0 Å². The molecule has 1 aliphatic heterocycles. The van der Waals surface area contributed by atoms with Crippen LogP contribution in [0.4, 0.5) is 5.82 Å². The molecular weight excluding hydrogens is 346 g/mol. The summed E-state index contributed by atoms with van der Waals surface area (Å²) in [6.45, 7) is 4.15.